The summed E-state index contributed by atoms with van der Waals surface area (Å²) in [5.41, 5.74) is 7.95. The maximum Gasteiger partial charge on any atom is 0.143 e. The smallest absolute Gasteiger partial charge is 0.143 e. The van der Waals surface area contributed by atoms with Crippen LogP contribution in [0.2, 0.25) is 0 Å². The molecule has 0 aliphatic carbocycles. The van der Waals surface area contributed by atoms with Gasteiger partial charge in [-0.1, -0.05) is 12.1 Å². The zero-order chi connectivity index (χ0) is 12.8. The summed E-state index contributed by atoms with van der Waals surface area (Å²) in [5, 5.41) is 1.13. The fourth-order valence-electron chi connectivity index (χ4n) is 2.31. The van der Waals surface area contributed by atoms with E-state index in [1.165, 1.54) is 0 Å². The summed E-state index contributed by atoms with van der Waals surface area (Å²) in [5.74, 6) is 0.862. The second kappa shape index (κ2) is 4.03. The van der Waals surface area contributed by atoms with Crippen molar-refractivity contribution < 1.29 is 4.74 Å². The topological polar surface area (TPSA) is 40.2 Å². The molecule has 1 aromatic heterocycles. The molecule has 92 valence electrons. The Hall–Kier alpha value is -1.00. The van der Waals surface area contributed by atoms with Gasteiger partial charge in [-0.2, -0.15) is 0 Å². The first-order valence-corrected chi connectivity index (χ1v) is 6.27. The first kappa shape index (κ1) is 12.5. The third-order valence-electron chi connectivity index (χ3n) is 2.94. The number of rotatable bonds is 2. The molecule has 0 radical (unpaired) electrons. The van der Waals surface area contributed by atoms with Crippen LogP contribution in [-0.2, 0) is 12.6 Å². The second-order valence-electron chi connectivity index (χ2n) is 4.80. The van der Waals surface area contributed by atoms with Gasteiger partial charge >= 0.3 is 0 Å². The quantitative estimate of drug-likeness (QED) is 0.925. The number of ether oxygens (including phenoxy) is 1. The molecule has 0 amide bonds. The van der Waals surface area contributed by atoms with Gasteiger partial charge in [0.15, 0.2) is 0 Å². The highest BCUT2D eigenvalue weighted by molar-refractivity contribution is 9.10. The van der Waals surface area contributed by atoms with Gasteiger partial charge in [-0.3, -0.25) is 0 Å². The third kappa shape index (κ3) is 1.85. The Kier molecular flexibility index (Phi) is 2.96. The van der Waals surface area contributed by atoms with Crippen LogP contribution < -0.4 is 10.5 Å². The summed E-state index contributed by atoms with van der Waals surface area (Å²) in [7, 11) is 3.70. The van der Waals surface area contributed by atoms with Crippen LogP contribution in [0.3, 0.4) is 0 Å². The van der Waals surface area contributed by atoms with Crippen molar-refractivity contribution in [1.82, 2.24) is 4.57 Å². The molecule has 0 aliphatic rings. The molecule has 4 heteroatoms. The lowest BCUT2D eigenvalue weighted by atomic mass is 10.0. The Balaban J connectivity index is 2.90. The molecule has 0 bridgehead atoms. The molecule has 0 saturated carbocycles. The number of para-hydroxylation sites is 1. The molecule has 1 heterocycles. The molecule has 0 spiro atoms. The Bertz CT molecular complexity index is 567. The number of halogens is 1. The first-order chi connectivity index (χ1) is 7.88. The largest absolute Gasteiger partial charge is 0.495 e. The standard InChI is InChI=1S/C13H17BrN2O/c1-13(2,15)12-10(14)8-6-5-7-9(17-4)11(8)16(12)3/h5-7H,15H2,1-4H3. The van der Waals surface area contributed by atoms with Crippen LogP contribution in [0.5, 0.6) is 5.75 Å². The van der Waals surface area contributed by atoms with E-state index in [0.717, 1.165) is 26.8 Å². The highest BCUT2D eigenvalue weighted by atomic mass is 79.9. The molecule has 0 saturated heterocycles. The lowest BCUT2D eigenvalue weighted by molar-refractivity contribution is 0.417. The molecular formula is C13H17BrN2O. The highest BCUT2D eigenvalue weighted by Crippen LogP contribution is 2.39. The average molecular weight is 297 g/mol. The maximum absolute atomic E-state index is 6.22. The van der Waals surface area contributed by atoms with E-state index in [-0.39, 0.29) is 0 Å². The van der Waals surface area contributed by atoms with Gasteiger partial charge in [0.05, 0.1) is 23.9 Å². The van der Waals surface area contributed by atoms with Gasteiger partial charge in [0.1, 0.15) is 5.75 Å². The molecule has 1 aromatic carbocycles. The predicted molar refractivity (Wildman–Crippen MR) is 74.4 cm³/mol. The number of methoxy groups -OCH3 is 1. The minimum absolute atomic E-state index is 0.405. The Morgan fingerprint density at radius 3 is 2.53 bits per heavy atom. The van der Waals surface area contributed by atoms with Crippen molar-refractivity contribution in [3.05, 3.63) is 28.4 Å². The van der Waals surface area contributed by atoms with Gasteiger partial charge in [-0.25, -0.2) is 0 Å². The normalized spacial score (nSPS) is 12.1. The number of nitrogens with two attached hydrogens (primary N) is 1. The summed E-state index contributed by atoms with van der Waals surface area (Å²) in [4.78, 5) is 0. The van der Waals surface area contributed by atoms with Crippen LogP contribution in [0.25, 0.3) is 10.9 Å². The summed E-state index contributed by atoms with van der Waals surface area (Å²) in [6, 6.07) is 6.01. The van der Waals surface area contributed by atoms with Crippen molar-refractivity contribution in [2.24, 2.45) is 12.8 Å². The van der Waals surface area contributed by atoms with E-state index < -0.39 is 5.54 Å². The van der Waals surface area contributed by atoms with Gasteiger partial charge < -0.3 is 15.0 Å². The van der Waals surface area contributed by atoms with Gasteiger partial charge in [0.25, 0.3) is 0 Å². The van der Waals surface area contributed by atoms with Crippen molar-refractivity contribution >= 4 is 26.8 Å². The summed E-state index contributed by atoms with van der Waals surface area (Å²) in [6.07, 6.45) is 0. The van der Waals surface area contributed by atoms with Gasteiger partial charge in [-0.15, -0.1) is 0 Å². The fraction of sp³-hybridized carbons (Fsp3) is 0.385. The Morgan fingerprint density at radius 1 is 1.35 bits per heavy atom. The van der Waals surface area contributed by atoms with E-state index in [1.807, 2.05) is 33.0 Å². The predicted octanol–water partition coefficient (Wildman–Crippen LogP) is 3.14. The number of hydrogen-bond acceptors (Lipinski definition) is 2. The number of hydrogen-bond donors (Lipinski definition) is 1. The maximum atomic E-state index is 6.22. The van der Waals surface area contributed by atoms with Crippen LogP contribution in [0.4, 0.5) is 0 Å². The lowest BCUT2D eigenvalue weighted by Gasteiger charge is -2.21. The van der Waals surface area contributed by atoms with E-state index in [2.05, 4.69) is 26.6 Å². The van der Waals surface area contributed by atoms with E-state index in [9.17, 15) is 0 Å². The Morgan fingerprint density at radius 2 is 2.00 bits per heavy atom. The van der Waals surface area contributed by atoms with Crippen molar-refractivity contribution in [2.75, 3.05) is 7.11 Å². The molecule has 17 heavy (non-hydrogen) atoms. The molecular weight excluding hydrogens is 280 g/mol. The average Bonchev–Trinajstić information content (AvgIpc) is 2.51. The zero-order valence-electron chi connectivity index (χ0n) is 10.5. The monoisotopic (exact) mass is 296 g/mol. The SMILES string of the molecule is COc1cccc2c(Br)c(C(C)(C)N)n(C)c12. The van der Waals surface area contributed by atoms with Gasteiger partial charge in [-0.05, 0) is 35.8 Å². The molecule has 2 rings (SSSR count). The van der Waals surface area contributed by atoms with Crippen LogP contribution in [0.15, 0.2) is 22.7 Å². The summed E-state index contributed by atoms with van der Waals surface area (Å²) < 4.78 is 8.55. The lowest BCUT2D eigenvalue weighted by Crippen LogP contribution is -2.31. The molecule has 2 N–H and O–H groups in total. The minimum atomic E-state index is -0.405. The van der Waals surface area contributed by atoms with Gasteiger partial charge in [0, 0.05) is 16.9 Å². The van der Waals surface area contributed by atoms with Crippen LogP contribution in [-0.4, -0.2) is 11.7 Å². The van der Waals surface area contributed by atoms with Crippen molar-refractivity contribution in [1.29, 1.82) is 0 Å². The van der Waals surface area contributed by atoms with E-state index in [1.54, 1.807) is 7.11 Å². The summed E-state index contributed by atoms with van der Waals surface area (Å²) in [6.45, 7) is 4.00. The van der Waals surface area contributed by atoms with E-state index in [0.29, 0.717) is 0 Å². The van der Waals surface area contributed by atoms with Gasteiger partial charge in [0.2, 0.25) is 0 Å². The fourth-order valence-corrected chi connectivity index (χ4v) is 3.41. The molecule has 0 unspecified atom stereocenters. The van der Waals surface area contributed by atoms with Crippen LogP contribution in [0, 0.1) is 0 Å². The van der Waals surface area contributed by atoms with Crippen molar-refractivity contribution in [2.45, 2.75) is 19.4 Å². The number of nitrogens with zero attached hydrogens (tertiary/aromatic N) is 1. The first-order valence-electron chi connectivity index (χ1n) is 5.48. The van der Waals surface area contributed by atoms with E-state index >= 15 is 0 Å². The van der Waals surface area contributed by atoms with Crippen LogP contribution >= 0.6 is 15.9 Å². The van der Waals surface area contributed by atoms with E-state index in [4.69, 9.17) is 10.5 Å². The van der Waals surface area contributed by atoms with Crippen molar-refractivity contribution in [3.8, 4) is 5.75 Å². The zero-order valence-corrected chi connectivity index (χ0v) is 12.1. The minimum Gasteiger partial charge on any atom is -0.495 e. The molecule has 0 atom stereocenters. The molecule has 0 fully saturated rings. The molecule has 2 aromatic rings. The summed E-state index contributed by atoms with van der Waals surface area (Å²) >= 11 is 3.65. The number of aromatic nitrogens is 1. The third-order valence-corrected chi connectivity index (χ3v) is 3.75. The second-order valence-corrected chi connectivity index (χ2v) is 5.59. The Labute approximate surface area is 110 Å². The number of benzene rings is 1. The number of fused-ring (bicyclic) bond motifs is 1. The van der Waals surface area contributed by atoms with Crippen LogP contribution in [0.1, 0.15) is 19.5 Å². The molecule has 3 nitrogen and oxygen atoms in total. The highest BCUT2D eigenvalue weighted by Gasteiger charge is 2.25. The number of aryl methyl sites for hydroxylation is 1. The van der Waals surface area contributed by atoms with Crippen molar-refractivity contribution in [3.63, 3.8) is 0 Å². The molecule has 0 aliphatic heterocycles.